The van der Waals surface area contributed by atoms with Crippen LogP contribution < -0.4 is 0 Å². The third-order valence-electron chi connectivity index (χ3n) is 2.90. The van der Waals surface area contributed by atoms with E-state index in [4.69, 9.17) is 5.11 Å². The molecule has 0 aromatic carbocycles. The Labute approximate surface area is 105 Å². The van der Waals surface area contributed by atoms with E-state index in [-0.39, 0.29) is 6.42 Å². The fraction of sp³-hybridized carbons (Fsp3) is 0.533. The van der Waals surface area contributed by atoms with Crippen molar-refractivity contribution in [1.29, 1.82) is 0 Å². The molecule has 2 heteroatoms. The summed E-state index contributed by atoms with van der Waals surface area (Å²) in [5, 5.41) is 8.59. The quantitative estimate of drug-likeness (QED) is 0.604. The Morgan fingerprint density at radius 2 is 2.00 bits per heavy atom. The predicted octanol–water partition coefficient (Wildman–Crippen LogP) is 4.35. The molecule has 17 heavy (non-hydrogen) atoms. The number of carbonyl (C=O) groups is 1. The molecule has 0 saturated carbocycles. The summed E-state index contributed by atoms with van der Waals surface area (Å²) in [5.41, 5.74) is 2.34. The van der Waals surface area contributed by atoms with Gasteiger partial charge in [0.15, 0.2) is 0 Å². The van der Waals surface area contributed by atoms with Crippen LogP contribution in [0.3, 0.4) is 0 Å². The Kier molecular flexibility index (Phi) is 8.12. The van der Waals surface area contributed by atoms with Crippen molar-refractivity contribution in [2.75, 3.05) is 0 Å². The molecule has 0 amide bonds. The molecule has 0 rings (SSSR count). The summed E-state index contributed by atoms with van der Waals surface area (Å²) in [6, 6.07) is 0. The number of hydrogen-bond acceptors (Lipinski definition) is 1. The molecule has 0 aliphatic heterocycles. The number of carboxylic acid groups (broad SMARTS) is 1. The summed E-state index contributed by atoms with van der Waals surface area (Å²) in [6.07, 6.45) is 7.95. The van der Waals surface area contributed by atoms with E-state index in [1.165, 1.54) is 5.57 Å². The van der Waals surface area contributed by atoms with Gasteiger partial charge in [0.25, 0.3) is 0 Å². The summed E-state index contributed by atoms with van der Waals surface area (Å²) >= 11 is 0. The van der Waals surface area contributed by atoms with E-state index >= 15 is 0 Å². The molecule has 2 nitrogen and oxygen atoms in total. The van der Waals surface area contributed by atoms with Crippen LogP contribution in [0.2, 0.25) is 0 Å². The van der Waals surface area contributed by atoms with Crippen LogP contribution in [0.25, 0.3) is 0 Å². The maximum Gasteiger partial charge on any atom is 0.303 e. The van der Waals surface area contributed by atoms with E-state index in [2.05, 4.69) is 19.2 Å². The molecule has 0 unspecified atom stereocenters. The third-order valence-corrected chi connectivity index (χ3v) is 2.90. The monoisotopic (exact) mass is 236 g/mol. The highest BCUT2D eigenvalue weighted by molar-refractivity contribution is 5.66. The second-order valence-electron chi connectivity index (χ2n) is 4.59. The van der Waals surface area contributed by atoms with Gasteiger partial charge in [-0.1, -0.05) is 29.9 Å². The molecule has 1 N–H and O–H groups in total. The second-order valence-corrected chi connectivity index (χ2v) is 4.59. The zero-order valence-electron chi connectivity index (χ0n) is 11.0. The summed E-state index contributed by atoms with van der Waals surface area (Å²) in [6.45, 7) is 11.8. The van der Waals surface area contributed by atoms with E-state index < -0.39 is 5.97 Å². The number of hydrogen-bond donors (Lipinski definition) is 1. The van der Waals surface area contributed by atoms with Gasteiger partial charge in [0.1, 0.15) is 0 Å². The van der Waals surface area contributed by atoms with E-state index in [9.17, 15) is 4.79 Å². The summed E-state index contributed by atoms with van der Waals surface area (Å²) in [7, 11) is 0. The van der Waals surface area contributed by atoms with E-state index in [1.54, 1.807) is 0 Å². The average Bonchev–Trinajstić information content (AvgIpc) is 2.25. The minimum absolute atomic E-state index is 0.215. The number of allylic oxidation sites excluding steroid dienone is 4. The topological polar surface area (TPSA) is 37.3 Å². The Morgan fingerprint density at radius 1 is 1.35 bits per heavy atom. The fourth-order valence-electron chi connectivity index (χ4n) is 1.63. The van der Waals surface area contributed by atoms with Crippen molar-refractivity contribution < 1.29 is 9.90 Å². The minimum Gasteiger partial charge on any atom is -0.481 e. The molecule has 0 aliphatic carbocycles. The average molecular weight is 236 g/mol. The van der Waals surface area contributed by atoms with Crippen LogP contribution in [0.1, 0.15) is 46.0 Å². The predicted molar refractivity (Wildman–Crippen MR) is 73.0 cm³/mol. The van der Waals surface area contributed by atoms with E-state index in [1.807, 2.05) is 19.9 Å². The van der Waals surface area contributed by atoms with Crippen LogP contribution in [-0.2, 0) is 4.79 Å². The molecular formula is C15H24O2. The highest BCUT2D eigenvalue weighted by atomic mass is 16.4. The molecule has 0 aliphatic rings. The largest absolute Gasteiger partial charge is 0.481 e. The first kappa shape index (κ1) is 15.7. The first-order chi connectivity index (χ1) is 7.97. The number of carboxylic acids is 1. The van der Waals surface area contributed by atoms with Gasteiger partial charge in [-0.25, -0.2) is 0 Å². The highest BCUT2D eigenvalue weighted by Gasteiger charge is 2.07. The smallest absolute Gasteiger partial charge is 0.303 e. The van der Waals surface area contributed by atoms with Gasteiger partial charge in [-0.3, -0.25) is 4.79 Å². The molecule has 0 aromatic rings. The molecular weight excluding hydrogens is 212 g/mol. The SMILES string of the molecule is C=CCC[C@@H](C/C=C(/C)CCC(=O)O)C(=C)C. The van der Waals surface area contributed by atoms with Gasteiger partial charge in [0.2, 0.25) is 0 Å². The standard InChI is InChI=1S/C15H24O2/c1-5-6-7-14(12(2)3)10-8-13(4)9-11-15(16)17/h5,8,14H,1-2,6-7,9-11H2,3-4H3,(H,16,17)/b13-8-/t14-/m0/s1. The van der Waals surface area contributed by atoms with Crippen molar-refractivity contribution >= 4 is 5.97 Å². The van der Waals surface area contributed by atoms with Gasteiger partial charge in [-0.05, 0) is 45.4 Å². The lowest BCUT2D eigenvalue weighted by molar-refractivity contribution is -0.136. The second kappa shape index (κ2) is 8.80. The van der Waals surface area contributed by atoms with Gasteiger partial charge in [-0.15, -0.1) is 6.58 Å². The Balaban J connectivity index is 4.16. The number of rotatable bonds is 9. The zero-order chi connectivity index (χ0) is 13.3. The Morgan fingerprint density at radius 3 is 2.47 bits per heavy atom. The van der Waals surface area contributed by atoms with Crippen LogP contribution in [0, 0.1) is 5.92 Å². The Hall–Kier alpha value is -1.31. The van der Waals surface area contributed by atoms with Crippen molar-refractivity contribution in [3.8, 4) is 0 Å². The maximum atomic E-state index is 10.4. The molecule has 0 spiro atoms. The lowest BCUT2D eigenvalue weighted by Gasteiger charge is -2.14. The van der Waals surface area contributed by atoms with Crippen LogP contribution in [-0.4, -0.2) is 11.1 Å². The first-order valence-corrected chi connectivity index (χ1v) is 6.11. The van der Waals surface area contributed by atoms with Crippen molar-refractivity contribution in [1.82, 2.24) is 0 Å². The maximum absolute atomic E-state index is 10.4. The lowest BCUT2D eigenvalue weighted by Crippen LogP contribution is -2.00. The van der Waals surface area contributed by atoms with Crippen LogP contribution in [0.5, 0.6) is 0 Å². The Bertz CT molecular complexity index is 300. The molecule has 0 heterocycles. The third kappa shape index (κ3) is 8.49. The number of aliphatic carboxylic acids is 1. The lowest BCUT2D eigenvalue weighted by atomic mass is 9.92. The van der Waals surface area contributed by atoms with Crippen molar-refractivity contribution in [2.45, 2.75) is 46.0 Å². The van der Waals surface area contributed by atoms with Gasteiger partial charge >= 0.3 is 5.97 Å². The summed E-state index contributed by atoms with van der Waals surface area (Å²) in [5.74, 6) is -0.256. The summed E-state index contributed by atoms with van der Waals surface area (Å²) < 4.78 is 0. The highest BCUT2D eigenvalue weighted by Crippen LogP contribution is 2.21. The molecule has 0 aromatic heterocycles. The van der Waals surface area contributed by atoms with Gasteiger partial charge in [0.05, 0.1) is 0 Å². The molecule has 0 fully saturated rings. The van der Waals surface area contributed by atoms with Crippen LogP contribution >= 0.6 is 0 Å². The van der Waals surface area contributed by atoms with E-state index in [0.717, 1.165) is 24.8 Å². The molecule has 96 valence electrons. The van der Waals surface area contributed by atoms with Crippen molar-refractivity contribution in [3.63, 3.8) is 0 Å². The first-order valence-electron chi connectivity index (χ1n) is 6.11. The van der Waals surface area contributed by atoms with Crippen LogP contribution in [0.4, 0.5) is 0 Å². The van der Waals surface area contributed by atoms with Crippen molar-refractivity contribution in [3.05, 3.63) is 36.5 Å². The molecule has 0 bridgehead atoms. The molecule has 0 radical (unpaired) electrons. The summed E-state index contributed by atoms with van der Waals surface area (Å²) in [4.78, 5) is 10.4. The van der Waals surface area contributed by atoms with Gasteiger partial charge < -0.3 is 5.11 Å². The fourth-order valence-corrected chi connectivity index (χ4v) is 1.63. The van der Waals surface area contributed by atoms with Crippen molar-refractivity contribution in [2.24, 2.45) is 5.92 Å². The molecule has 0 saturated heterocycles. The van der Waals surface area contributed by atoms with Gasteiger partial charge in [-0.2, -0.15) is 0 Å². The zero-order valence-corrected chi connectivity index (χ0v) is 11.0. The molecule has 1 atom stereocenters. The van der Waals surface area contributed by atoms with Crippen LogP contribution in [0.15, 0.2) is 36.5 Å². The normalized spacial score (nSPS) is 13.2. The van der Waals surface area contributed by atoms with Gasteiger partial charge in [0, 0.05) is 6.42 Å². The minimum atomic E-state index is -0.735. The van der Waals surface area contributed by atoms with E-state index in [0.29, 0.717) is 12.3 Å².